The highest BCUT2D eigenvalue weighted by atomic mass is 32.1. The van der Waals surface area contributed by atoms with E-state index in [1.165, 1.54) is 4.88 Å². The minimum absolute atomic E-state index is 0.00296. The first kappa shape index (κ1) is 15.3. The van der Waals surface area contributed by atoms with Crippen LogP contribution < -0.4 is 11.1 Å². The Balaban J connectivity index is 1.93. The molecule has 3 N–H and O–H groups in total. The van der Waals surface area contributed by atoms with Gasteiger partial charge in [-0.25, -0.2) is 4.98 Å². The number of hydrogen-bond donors (Lipinski definition) is 2. The van der Waals surface area contributed by atoms with Gasteiger partial charge >= 0.3 is 0 Å². The number of nitrogens with two attached hydrogens (primary N) is 1. The molecular weight excluding hydrogens is 272 g/mol. The van der Waals surface area contributed by atoms with Gasteiger partial charge < -0.3 is 11.1 Å². The predicted octanol–water partition coefficient (Wildman–Crippen LogP) is 2.05. The Bertz CT molecular complexity index is 448. The maximum atomic E-state index is 11.4. The number of rotatable bonds is 6. The van der Waals surface area contributed by atoms with Crippen LogP contribution in [0.2, 0.25) is 0 Å². The first-order valence-electron chi connectivity index (χ1n) is 7.32. The summed E-state index contributed by atoms with van der Waals surface area (Å²) in [6.07, 6.45) is 4.98. The van der Waals surface area contributed by atoms with Crippen LogP contribution in [-0.4, -0.2) is 34.9 Å². The Labute approximate surface area is 124 Å². The molecule has 2 unspecified atom stereocenters. The fourth-order valence-corrected chi connectivity index (χ4v) is 3.39. The number of primary amides is 1. The molecule has 1 aliphatic heterocycles. The summed E-state index contributed by atoms with van der Waals surface area (Å²) in [4.78, 5) is 19.3. The maximum Gasteiger partial charge on any atom is 0.221 e. The standard InChI is InChI=1S/C14H24N4OS/c1-3-6-16-14-17-7-12(20-14)9-18-8-11(13(15)19)5-4-10(18)2/h7,10-11H,3-6,8-9H2,1-2H3,(H2,15,19)(H,16,17). The molecule has 2 atom stereocenters. The van der Waals surface area contributed by atoms with E-state index in [0.29, 0.717) is 6.04 Å². The molecule has 0 aliphatic carbocycles. The largest absolute Gasteiger partial charge is 0.369 e. The Morgan fingerprint density at radius 3 is 3.10 bits per heavy atom. The number of piperidine rings is 1. The summed E-state index contributed by atoms with van der Waals surface area (Å²) in [5.41, 5.74) is 5.44. The van der Waals surface area contributed by atoms with Crippen LogP contribution >= 0.6 is 11.3 Å². The second-order valence-corrected chi connectivity index (χ2v) is 6.63. The fraction of sp³-hybridized carbons (Fsp3) is 0.714. The number of hydrogen-bond acceptors (Lipinski definition) is 5. The maximum absolute atomic E-state index is 11.4. The van der Waals surface area contributed by atoms with Crippen LogP contribution in [0, 0.1) is 5.92 Å². The van der Waals surface area contributed by atoms with Crippen molar-refractivity contribution in [3.63, 3.8) is 0 Å². The lowest BCUT2D eigenvalue weighted by molar-refractivity contribution is -0.124. The lowest BCUT2D eigenvalue weighted by atomic mass is 9.93. The fourth-order valence-electron chi connectivity index (χ4n) is 2.53. The van der Waals surface area contributed by atoms with Crippen molar-refractivity contribution < 1.29 is 4.79 Å². The molecule has 1 amide bonds. The molecule has 2 heterocycles. The zero-order valence-electron chi connectivity index (χ0n) is 12.3. The summed E-state index contributed by atoms with van der Waals surface area (Å²) in [5.74, 6) is -0.173. The van der Waals surface area contributed by atoms with Crippen LogP contribution in [0.25, 0.3) is 0 Å². The predicted molar refractivity (Wildman–Crippen MR) is 82.7 cm³/mol. The van der Waals surface area contributed by atoms with E-state index in [1.54, 1.807) is 11.3 Å². The van der Waals surface area contributed by atoms with Crippen molar-refractivity contribution in [2.45, 2.75) is 45.7 Å². The van der Waals surface area contributed by atoms with Crippen molar-refractivity contribution in [2.75, 3.05) is 18.4 Å². The molecule has 0 radical (unpaired) electrons. The number of aromatic nitrogens is 1. The zero-order valence-corrected chi connectivity index (χ0v) is 13.1. The number of carbonyl (C=O) groups excluding carboxylic acids is 1. The normalized spacial score (nSPS) is 23.7. The van der Waals surface area contributed by atoms with Gasteiger partial charge in [0.25, 0.3) is 0 Å². The molecule has 1 aromatic rings. The summed E-state index contributed by atoms with van der Waals surface area (Å²) in [7, 11) is 0. The first-order chi connectivity index (χ1) is 9.60. The third-order valence-corrected chi connectivity index (χ3v) is 4.79. The molecule has 0 aromatic carbocycles. The number of anilines is 1. The molecule has 0 bridgehead atoms. The summed E-state index contributed by atoms with van der Waals surface area (Å²) < 4.78 is 0. The van der Waals surface area contributed by atoms with Gasteiger partial charge in [0.15, 0.2) is 5.13 Å². The molecule has 5 nitrogen and oxygen atoms in total. The number of nitrogens with zero attached hydrogens (tertiary/aromatic N) is 2. The summed E-state index contributed by atoms with van der Waals surface area (Å²) >= 11 is 1.70. The van der Waals surface area contributed by atoms with Gasteiger partial charge in [0.2, 0.25) is 5.91 Å². The van der Waals surface area contributed by atoms with Crippen molar-refractivity contribution in [2.24, 2.45) is 11.7 Å². The molecule has 1 aliphatic rings. The van der Waals surface area contributed by atoms with E-state index in [0.717, 1.165) is 44.0 Å². The van der Waals surface area contributed by atoms with Gasteiger partial charge in [-0.1, -0.05) is 6.92 Å². The van der Waals surface area contributed by atoms with E-state index in [2.05, 4.69) is 29.0 Å². The topological polar surface area (TPSA) is 71.2 Å². The number of carbonyl (C=O) groups is 1. The van der Waals surface area contributed by atoms with Gasteiger partial charge in [-0.2, -0.15) is 0 Å². The van der Waals surface area contributed by atoms with Gasteiger partial charge in [0.05, 0.1) is 5.92 Å². The van der Waals surface area contributed by atoms with Gasteiger partial charge in [0.1, 0.15) is 0 Å². The number of nitrogens with one attached hydrogen (secondary N) is 1. The molecular formula is C14H24N4OS. The van der Waals surface area contributed by atoms with Gasteiger partial charge in [0, 0.05) is 36.8 Å². The SMILES string of the molecule is CCCNc1ncc(CN2CC(C(N)=O)CCC2C)s1. The highest BCUT2D eigenvalue weighted by Crippen LogP contribution is 2.26. The van der Waals surface area contributed by atoms with E-state index < -0.39 is 0 Å². The van der Waals surface area contributed by atoms with E-state index in [9.17, 15) is 4.79 Å². The third kappa shape index (κ3) is 3.93. The van der Waals surface area contributed by atoms with Crippen LogP contribution in [0.5, 0.6) is 0 Å². The lowest BCUT2D eigenvalue weighted by Crippen LogP contribution is -2.45. The van der Waals surface area contributed by atoms with Crippen LogP contribution in [0.4, 0.5) is 5.13 Å². The van der Waals surface area contributed by atoms with E-state index >= 15 is 0 Å². The Hall–Kier alpha value is -1.14. The number of thiazole rings is 1. The summed E-state index contributed by atoms with van der Waals surface area (Å²) in [6.45, 7) is 6.94. The first-order valence-corrected chi connectivity index (χ1v) is 8.13. The lowest BCUT2D eigenvalue weighted by Gasteiger charge is -2.36. The third-order valence-electron chi connectivity index (χ3n) is 3.85. The van der Waals surface area contributed by atoms with Crippen molar-refractivity contribution >= 4 is 22.4 Å². The van der Waals surface area contributed by atoms with Crippen LogP contribution in [0.3, 0.4) is 0 Å². The average molecular weight is 296 g/mol. The number of likely N-dealkylation sites (tertiary alicyclic amines) is 1. The van der Waals surface area contributed by atoms with Crippen molar-refractivity contribution in [1.29, 1.82) is 0 Å². The van der Waals surface area contributed by atoms with Crippen LogP contribution in [-0.2, 0) is 11.3 Å². The van der Waals surface area contributed by atoms with Gasteiger partial charge in [-0.3, -0.25) is 9.69 Å². The minimum Gasteiger partial charge on any atom is -0.369 e. The summed E-state index contributed by atoms with van der Waals surface area (Å²) in [5, 5.41) is 4.29. The molecule has 0 spiro atoms. The highest BCUT2D eigenvalue weighted by molar-refractivity contribution is 7.15. The average Bonchev–Trinajstić information content (AvgIpc) is 2.86. The molecule has 2 rings (SSSR count). The molecule has 1 saturated heterocycles. The Morgan fingerprint density at radius 2 is 2.40 bits per heavy atom. The van der Waals surface area contributed by atoms with Crippen molar-refractivity contribution in [1.82, 2.24) is 9.88 Å². The Morgan fingerprint density at radius 1 is 1.60 bits per heavy atom. The quantitative estimate of drug-likeness (QED) is 0.843. The smallest absolute Gasteiger partial charge is 0.221 e. The Kier molecular flexibility index (Phi) is 5.37. The zero-order chi connectivity index (χ0) is 14.5. The van der Waals surface area contributed by atoms with Crippen LogP contribution in [0.1, 0.15) is 38.0 Å². The molecule has 1 aromatic heterocycles. The van der Waals surface area contributed by atoms with E-state index in [4.69, 9.17) is 5.73 Å². The van der Waals surface area contributed by atoms with Crippen molar-refractivity contribution in [3.8, 4) is 0 Å². The monoisotopic (exact) mass is 296 g/mol. The summed E-state index contributed by atoms with van der Waals surface area (Å²) in [6, 6.07) is 0.500. The molecule has 112 valence electrons. The molecule has 0 saturated carbocycles. The second-order valence-electron chi connectivity index (χ2n) is 5.51. The van der Waals surface area contributed by atoms with Gasteiger partial charge in [-0.05, 0) is 26.2 Å². The molecule has 1 fully saturated rings. The van der Waals surface area contributed by atoms with Crippen molar-refractivity contribution in [3.05, 3.63) is 11.1 Å². The number of amides is 1. The minimum atomic E-state index is -0.170. The second kappa shape index (κ2) is 7.04. The molecule has 6 heteroatoms. The highest BCUT2D eigenvalue weighted by Gasteiger charge is 2.28. The van der Waals surface area contributed by atoms with E-state index in [-0.39, 0.29) is 11.8 Å². The van der Waals surface area contributed by atoms with Crippen LogP contribution in [0.15, 0.2) is 6.20 Å². The molecule has 20 heavy (non-hydrogen) atoms. The van der Waals surface area contributed by atoms with Gasteiger partial charge in [-0.15, -0.1) is 11.3 Å². The van der Waals surface area contributed by atoms with E-state index in [1.807, 2.05) is 6.20 Å².